The van der Waals surface area contributed by atoms with E-state index in [9.17, 15) is 9.59 Å². The molecule has 0 radical (unpaired) electrons. The molecule has 37 heavy (non-hydrogen) atoms. The molecule has 0 aromatic carbocycles. The van der Waals surface area contributed by atoms with E-state index in [1.807, 2.05) is 28.5 Å². The van der Waals surface area contributed by atoms with Crippen LogP contribution in [0.1, 0.15) is 126 Å². The first-order valence-electron chi connectivity index (χ1n) is 14.8. The molecule has 0 aliphatic carbocycles. The van der Waals surface area contributed by atoms with Gasteiger partial charge in [-0.2, -0.15) is 0 Å². The van der Waals surface area contributed by atoms with Gasteiger partial charge in [-0.1, -0.05) is 34.1 Å². The summed E-state index contributed by atoms with van der Waals surface area (Å²) in [6, 6.07) is 1.48. The molecule has 3 heterocycles. The third-order valence-corrected chi connectivity index (χ3v) is 7.57. The highest BCUT2D eigenvalue weighted by Crippen LogP contribution is 2.15. The van der Waals surface area contributed by atoms with Gasteiger partial charge in [-0.3, -0.25) is 9.59 Å². The molecule has 3 rings (SSSR count). The molecule has 1 aromatic heterocycles. The van der Waals surface area contributed by atoms with E-state index in [2.05, 4.69) is 64.9 Å². The number of amides is 2. The van der Waals surface area contributed by atoms with Gasteiger partial charge in [0.15, 0.2) is 0 Å². The molecular formula is C30H58N4O3. The van der Waals surface area contributed by atoms with Crippen LogP contribution in [0, 0.1) is 0 Å². The Morgan fingerprint density at radius 2 is 1.27 bits per heavy atom. The largest absolute Gasteiger partial charge is 0.382 e. The Labute approximate surface area is 228 Å². The molecule has 7 heteroatoms. The molecule has 4 atom stereocenters. The van der Waals surface area contributed by atoms with Crippen LogP contribution in [-0.2, 0) is 14.3 Å². The maximum absolute atomic E-state index is 11.5. The quantitative estimate of drug-likeness (QED) is 0.373. The van der Waals surface area contributed by atoms with Crippen molar-refractivity contribution in [3.63, 3.8) is 0 Å². The monoisotopic (exact) mass is 522 g/mol. The molecule has 2 amide bonds. The van der Waals surface area contributed by atoms with Crippen molar-refractivity contribution < 1.29 is 14.3 Å². The van der Waals surface area contributed by atoms with E-state index >= 15 is 0 Å². The van der Waals surface area contributed by atoms with Gasteiger partial charge < -0.3 is 19.1 Å². The first-order chi connectivity index (χ1) is 17.7. The third-order valence-electron chi connectivity index (χ3n) is 7.57. The molecule has 0 bridgehead atoms. The van der Waals surface area contributed by atoms with Crippen LogP contribution >= 0.6 is 0 Å². The number of likely N-dealkylation sites (tertiary alicyclic amines) is 2. The Morgan fingerprint density at radius 3 is 1.65 bits per heavy atom. The average molecular weight is 523 g/mol. The van der Waals surface area contributed by atoms with Crippen molar-refractivity contribution in [2.24, 2.45) is 0 Å². The van der Waals surface area contributed by atoms with Crippen LogP contribution < -0.4 is 0 Å². The average Bonchev–Trinajstić information content (AvgIpc) is 3.57. The maximum atomic E-state index is 11.5. The summed E-state index contributed by atoms with van der Waals surface area (Å²) < 4.78 is 7.01. The van der Waals surface area contributed by atoms with Crippen molar-refractivity contribution in [2.75, 3.05) is 20.2 Å². The van der Waals surface area contributed by atoms with Gasteiger partial charge in [0.1, 0.15) is 0 Å². The smallest absolute Gasteiger partial charge is 0.222 e. The summed E-state index contributed by atoms with van der Waals surface area (Å²) >= 11 is 0. The zero-order chi connectivity index (χ0) is 28.2. The lowest BCUT2D eigenvalue weighted by atomic mass is 10.2. The van der Waals surface area contributed by atoms with Gasteiger partial charge in [0.2, 0.25) is 11.8 Å². The SMILES string of the molecule is CCC(C)N1CCCC1=O.CCC(C)N1CCCCCC1=O.CCC(C)OC.CCC(C)n1ccnc1. The maximum Gasteiger partial charge on any atom is 0.222 e. The highest BCUT2D eigenvalue weighted by molar-refractivity contribution is 5.78. The third kappa shape index (κ3) is 14.6. The molecular weight excluding hydrogens is 464 g/mol. The fourth-order valence-corrected chi connectivity index (χ4v) is 3.95. The number of nitrogens with zero attached hydrogens (tertiary/aromatic N) is 4. The number of carbonyl (C=O) groups excluding carboxylic acids is 2. The Kier molecular flexibility index (Phi) is 20.0. The van der Waals surface area contributed by atoms with Gasteiger partial charge in [-0.25, -0.2) is 4.98 Å². The topological polar surface area (TPSA) is 67.7 Å². The van der Waals surface area contributed by atoms with E-state index in [1.54, 1.807) is 7.11 Å². The van der Waals surface area contributed by atoms with Crippen LogP contribution in [0.25, 0.3) is 0 Å². The summed E-state index contributed by atoms with van der Waals surface area (Å²) in [7, 11) is 1.73. The van der Waals surface area contributed by atoms with E-state index < -0.39 is 0 Å². The van der Waals surface area contributed by atoms with Crippen LogP contribution in [-0.4, -0.2) is 69.6 Å². The minimum Gasteiger partial charge on any atom is -0.382 e. The van der Waals surface area contributed by atoms with Crippen molar-refractivity contribution in [1.29, 1.82) is 0 Å². The van der Waals surface area contributed by atoms with E-state index in [-0.39, 0.29) is 0 Å². The van der Waals surface area contributed by atoms with Crippen LogP contribution in [0.15, 0.2) is 18.7 Å². The summed E-state index contributed by atoms with van der Waals surface area (Å²) in [5.41, 5.74) is 0. The molecule has 2 fully saturated rings. The summed E-state index contributed by atoms with van der Waals surface area (Å²) in [4.78, 5) is 30.6. The molecule has 0 spiro atoms. The van der Waals surface area contributed by atoms with E-state index in [1.165, 1.54) is 12.8 Å². The Balaban J connectivity index is 0.000000480. The van der Waals surface area contributed by atoms with Crippen LogP contribution in [0.2, 0.25) is 0 Å². The summed E-state index contributed by atoms with van der Waals surface area (Å²) in [6.45, 7) is 19.0. The van der Waals surface area contributed by atoms with E-state index in [0.717, 1.165) is 64.5 Å². The first kappa shape index (κ1) is 35.1. The fraction of sp³-hybridized carbons (Fsp3) is 0.833. The highest BCUT2D eigenvalue weighted by Gasteiger charge is 2.23. The molecule has 2 aliphatic heterocycles. The van der Waals surface area contributed by atoms with Gasteiger partial charge in [0.05, 0.1) is 12.4 Å². The Hall–Kier alpha value is -1.89. The minimum absolute atomic E-state index is 0.342. The van der Waals surface area contributed by atoms with Gasteiger partial charge in [0, 0.05) is 63.6 Å². The first-order valence-corrected chi connectivity index (χ1v) is 14.8. The zero-order valence-electron chi connectivity index (χ0n) is 25.5. The lowest BCUT2D eigenvalue weighted by Crippen LogP contribution is -2.37. The lowest BCUT2D eigenvalue weighted by Gasteiger charge is -2.26. The van der Waals surface area contributed by atoms with Gasteiger partial charge in [-0.15, -0.1) is 0 Å². The second kappa shape index (κ2) is 21.1. The normalized spacial score (nSPS) is 18.7. The summed E-state index contributed by atoms with van der Waals surface area (Å²) in [5, 5.41) is 0. The predicted molar refractivity (Wildman–Crippen MR) is 155 cm³/mol. The minimum atomic E-state index is 0.342. The molecule has 1 aromatic rings. The molecule has 2 aliphatic rings. The van der Waals surface area contributed by atoms with Crippen molar-refractivity contribution in [2.45, 2.75) is 144 Å². The van der Waals surface area contributed by atoms with E-state index in [0.29, 0.717) is 36.0 Å². The number of aromatic nitrogens is 2. The molecule has 7 nitrogen and oxygen atoms in total. The van der Waals surface area contributed by atoms with E-state index in [4.69, 9.17) is 4.74 Å². The highest BCUT2D eigenvalue weighted by atomic mass is 16.5. The predicted octanol–water partition coefficient (Wildman–Crippen LogP) is 6.88. The van der Waals surface area contributed by atoms with Crippen molar-refractivity contribution in [3.05, 3.63) is 18.7 Å². The van der Waals surface area contributed by atoms with Gasteiger partial charge >= 0.3 is 0 Å². The van der Waals surface area contributed by atoms with Crippen molar-refractivity contribution >= 4 is 11.8 Å². The van der Waals surface area contributed by atoms with Crippen molar-refractivity contribution in [3.8, 4) is 0 Å². The van der Waals surface area contributed by atoms with Crippen LogP contribution in [0.3, 0.4) is 0 Å². The standard InChI is InChI=1S/C10H19NO.C8H15NO.C7H12N2.C5H12O/c1-3-9(2)11-8-6-4-5-7-10(11)12;1-3-7(2)9-6-4-5-8(9)10;1-3-7(2)9-5-4-8-6-9;1-4-5(2)6-3/h9H,3-8H2,1-2H3;7H,3-6H2,1-2H3;4-7H,3H2,1-2H3;5H,4H2,1-3H3. The number of ether oxygens (including phenoxy) is 1. The number of methoxy groups -OCH3 is 1. The molecule has 4 unspecified atom stereocenters. The number of rotatable bonds is 8. The molecule has 216 valence electrons. The Morgan fingerprint density at radius 1 is 0.757 bits per heavy atom. The van der Waals surface area contributed by atoms with Gasteiger partial charge in [-0.05, 0) is 72.6 Å². The van der Waals surface area contributed by atoms with Gasteiger partial charge in [0.25, 0.3) is 0 Å². The lowest BCUT2D eigenvalue weighted by molar-refractivity contribution is -0.132. The molecule has 2 saturated heterocycles. The van der Waals surface area contributed by atoms with Crippen molar-refractivity contribution in [1.82, 2.24) is 19.4 Å². The number of imidazole rings is 1. The fourth-order valence-electron chi connectivity index (χ4n) is 3.95. The summed E-state index contributed by atoms with van der Waals surface area (Å²) in [5.74, 6) is 0.705. The van der Waals surface area contributed by atoms with Crippen LogP contribution in [0.4, 0.5) is 0 Å². The second-order valence-corrected chi connectivity index (χ2v) is 10.3. The molecule has 0 saturated carbocycles. The number of hydrogen-bond donors (Lipinski definition) is 0. The second-order valence-electron chi connectivity index (χ2n) is 10.3. The Bertz CT molecular complexity index is 691. The zero-order valence-corrected chi connectivity index (χ0v) is 25.5. The number of carbonyl (C=O) groups is 2. The summed E-state index contributed by atoms with van der Waals surface area (Å²) in [6.07, 6.45) is 16.6. The molecule has 0 N–H and O–H groups in total. The van der Waals surface area contributed by atoms with Crippen LogP contribution in [0.5, 0.6) is 0 Å². The number of hydrogen-bond acceptors (Lipinski definition) is 4.